The van der Waals surface area contributed by atoms with E-state index in [9.17, 15) is 4.79 Å². The molecule has 0 radical (unpaired) electrons. The highest BCUT2D eigenvalue weighted by Crippen LogP contribution is 2.38. The normalized spacial score (nSPS) is 17.8. The zero-order valence-corrected chi connectivity index (χ0v) is 15.1. The highest BCUT2D eigenvalue weighted by atomic mass is 35.5. The van der Waals surface area contributed by atoms with Crippen molar-refractivity contribution in [1.29, 1.82) is 0 Å². The lowest BCUT2D eigenvalue weighted by atomic mass is 9.96. The van der Waals surface area contributed by atoms with Crippen molar-refractivity contribution in [2.75, 3.05) is 26.4 Å². The van der Waals surface area contributed by atoms with Crippen molar-refractivity contribution < 1.29 is 19.0 Å². The smallest absolute Gasteiger partial charge is 0.226 e. The van der Waals surface area contributed by atoms with Gasteiger partial charge in [0.2, 0.25) is 5.91 Å². The first-order valence-electron chi connectivity index (χ1n) is 8.77. The predicted octanol–water partition coefficient (Wildman–Crippen LogP) is 3.02. The summed E-state index contributed by atoms with van der Waals surface area (Å²) in [6.07, 6.45) is 1.38. The van der Waals surface area contributed by atoms with Gasteiger partial charge in [-0.05, 0) is 42.2 Å². The monoisotopic (exact) mass is 373 g/mol. The van der Waals surface area contributed by atoms with Crippen molar-refractivity contribution in [3.63, 3.8) is 0 Å². The van der Waals surface area contributed by atoms with Crippen LogP contribution in [0.1, 0.15) is 11.1 Å². The second-order valence-electron chi connectivity index (χ2n) is 6.46. The van der Waals surface area contributed by atoms with E-state index >= 15 is 0 Å². The van der Waals surface area contributed by atoms with E-state index in [-0.39, 0.29) is 11.8 Å². The fourth-order valence-electron chi connectivity index (χ4n) is 3.28. The van der Waals surface area contributed by atoms with Gasteiger partial charge in [-0.1, -0.05) is 29.8 Å². The number of rotatable bonds is 4. The quantitative estimate of drug-likeness (QED) is 0.895. The predicted molar refractivity (Wildman–Crippen MR) is 98.3 cm³/mol. The van der Waals surface area contributed by atoms with Crippen LogP contribution in [-0.4, -0.2) is 32.3 Å². The molecule has 1 N–H and O–H groups in total. The molecule has 26 heavy (non-hydrogen) atoms. The van der Waals surface area contributed by atoms with Crippen LogP contribution in [0.15, 0.2) is 36.4 Å². The van der Waals surface area contributed by atoms with Crippen LogP contribution in [0.5, 0.6) is 17.2 Å². The molecule has 5 nitrogen and oxygen atoms in total. The van der Waals surface area contributed by atoms with Gasteiger partial charge in [-0.2, -0.15) is 0 Å². The fraction of sp³-hybridized carbons (Fsp3) is 0.350. The highest BCUT2D eigenvalue weighted by Gasteiger charge is 2.25. The Kier molecular flexibility index (Phi) is 4.89. The van der Waals surface area contributed by atoms with Crippen LogP contribution in [-0.2, 0) is 17.6 Å². The Bertz CT molecular complexity index is 823. The molecule has 0 bridgehead atoms. The molecule has 0 spiro atoms. The number of benzene rings is 2. The third-order valence-corrected chi connectivity index (χ3v) is 4.90. The topological polar surface area (TPSA) is 56.8 Å². The summed E-state index contributed by atoms with van der Waals surface area (Å²) in [6, 6.07) is 11.6. The number of hydrogen-bond donors (Lipinski definition) is 1. The number of halogens is 1. The Balaban J connectivity index is 1.32. The lowest BCUT2D eigenvalue weighted by Gasteiger charge is -2.24. The van der Waals surface area contributed by atoms with Crippen molar-refractivity contribution in [2.24, 2.45) is 5.92 Å². The molecule has 2 aliphatic heterocycles. The van der Waals surface area contributed by atoms with Crippen LogP contribution in [0.25, 0.3) is 0 Å². The number of carbonyl (C=O) groups is 1. The molecule has 136 valence electrons. The number of carbonyl (C=O) groups excluding carboxylic acids is 1. The van der Waals surface area contributed by atoms with Gasteiger partial charge in [0.1, 0.15) is 25.6 Å². The Morgan fingerprint density at radius 1 is 1.12 bits per heavy atom. The zero-order chi connectivity index (χ0) is 17.9. The van der Waals surface area contributed by atoms with Gasteiger partial charge in [0, 0.05) is 6.54 Å². The lowest BCUT2D eigenvalue weighted by molar-refractivity contribution is -0.126. The van der Waals surface area contributed by atoms with Gasteiger partial charge in [0.05, 0.1) is 10.9 Å². The molecule has 4 rings (SSSR count). The van der Waals surface area contributed by atoms with Crippen molar-refractivity contribution in [2.45, 2.75) is 12.8 Å². The first-order chi connectivity index (χ1) is 12.7. The van der Waals surface area contributed by atoms with E-state index in [4.69, 9.17) is 25.8 Å². The third-order valence-electron chi connectivity index (χ3n) is 4.62. The van der Waals surface area contributed by atoms with E-state index in [1.54, 1.807) is 0 Å². The van der Waals surface area contributed by atoms with Gasteiger partial charge in [-0.15, -0.1) is 0 Å². The summed E-state index contributed by atoms with van der Waals surface area (Å²) in [5.74, 6) is 2.01. The molecule has 2 aromatic carbocycles. The number of amides is 1. The number of para-hydroxylation sites is 1. The minimum atomic E-state index is -0.159. The maximum absolute atomic E-state index is 12.4. The number of hydrogen-bond acceptors (Lipinski definition) is 4. The van der Waals surface area contributed by atoms with Crippen molar-refractivity contribution in [1.82, 2.24) is 5.32 Å². The molecule has 0 fully saturated rings. The molecule has 0 saturated carbocycles. The average Bonchev–Trinajstić information content (AvgIpc) is 2.67. The summed E-state index contributed by atoms with van der Waals surface area (Å²) in [5, 5.41) is 3.54. The summed E-state index contributed by atoms with van der Waals surface area (Å²) < 4.78 is 16.8. The fourth-order valence-corrected chi connectivity index (χ4v) is 3.57. The molecule has 2 aromatic rings. The molecule has 0 aliphatic carbocycles. The number of nitrogens with one attached hydrogen (secondary N) is 1. The Hall–Kier alpha value is -2.40. The molecule has 6 heteroatoms. The van der Waals surface area contributed by atoms with Gasteiger partial charge in [-0.3, -0.25) is 4.79 Å². The largest absolute Gasteiger partial charge is 0.492 e. The van der Waals surface area contributed by atoms with Gasteiger partial charge in [0.25, 0.3) is 0 Å². The number of fused-ring (bicyclic) bond motifs is 2. The highest BCUT2D eigenvalue weighted by molar-refractivity contribution is 6.32. The second kappa shape index (κ2) is 7.46. The Morgan fingerprint density at radius 2 is 1.96 bits per heavy atom. The van der Waals surface area contributed by atoms with Gasteiger partial charge >= 0.3 is 0 Å². The van der Waals surface area contributed by atoms with Crippen molar-refractivity contribution >= 4 is 17.5 Å². The maximum atomic E-state index is 12.4. The van der Waals surface area contributed by atoms with E-state index in [1.807, 2.05) is 36.4 Å². The van der Waals surface area contributed by atoms with Crippen LogP contribution in [0, 0.1) is 5.92 Å². The minimum Gasteiger partial charge on any atom is -0.492 e. The molecular formula is C20H20ClNO4. The van der Waals surface area contributed by atoms with Crippen LogP contribution in [0.4, 0.5) is 0 Å². The van der Waals surface area contributed by atoms with Crippen molar-refractivity contribution in [3.8, 4) is 17.2 Å². The van der Waals surface area contributed by atoms with E-state index in [0.29, 0.717) is 55.7 Å². The molecule has 2 heterocycles. The SMILES string of the molecule is O=C(NCCc1cc(Cl)c2c(c1)OCCO2)C1COc2ccccc2C1. The molecule has 1 atom stereocenters. The van der Waals surface area contributed by atoms with Crippen LogP contribution >= 0.6 is 11.6 Å². The van der Waals surface area contributed by atoms with Crippen molar-refractivity contribution in [3.05, 3.63) is 52.5 Å². The molecule has 0 aromatic heterocycles. The van der Waals surface area contributed by atoms with Crippen LogP contribution in [0.2, 0.25) is 5.02 Å². The molecule has 0 saturated heterocycles. The molecule has 1 amide bonds. The summed E-state index contributed by atoms with van der Waals surface area (Å²) in [4.78, 5) is 12.4. The van der Waals surface area contributed by atoms with Crippen LogP contribution in [0.3, 0.4) is 0 Å². The number of ether oxygens (including phenoxy) is 3. The first-order valence-corrected chi connectivity index (χ1v) is 9.15. The summed E-state index contributed by atoms with van der Waals surface area (Å²) in [6.45, 7) is 1.98. The Morgan fingerprint density at radius 3 is 2.88 bits per heavy atom. The summed E-state index contributed by atoms with van der Waals surface area (Å²) >= 11 is 6.25. The zero-order valence-electron chi connectivity index (χ0n) is 14.3. The van der Waals surface area contributed by atoms with E-state index in [0.717, 1.165) is 16.9 Å². The van der Waals surface area contributed by atoms with E-state index in [2.05, 4.69) is 5.32 Å². The lowest BCUT2D eigenvalue weighted by Crippen LogP contribution is -2.38. The maximum Gasteiger partial charge on any atom is 0.226 e. The summed E-state index contributed by atoms with van der Waals surface area (Å²) in [7, 11) is 0. The van der Waals surface area contributed by atoms with Gasteiger partial charge in [0.15, 0.2) is 11.5 Å². The molecule has 1 unspecified atom stereocenters. The minimum absolute atomic E-state index is 0.0168. The van der Waals surface area contributed by atoms with Gasteiger partial charge < -0.3 is 19.5 Å². The van der Waals surface area contributed by atoms with E-state index < -0.39 is 0 Å². The Labute approximate surface area is 157 Å². The van der Waals surface area contributed by atoms with E-state index in [1.165, 1.54) is 0 Å². The third kappa shape index (κ3) is 3.58. The second-order valence-corrected chi connectivity index (χ2v) is 6.87. The summed E-state index contributed by atoms with van der Waals surface area (Å²) in [5.41, 5.74) is 2.09. The van der Waals surface area contributed by atoms with Crippen LogP contribution < -0.4 is 19.5 Å². The average molecular weight is 374 g/mol. The molecule has 2 aliphatic rings. The van der Waals surface area contributed by atoms with Gasteiger partial charge in [-0.25, -0.2) is 0 Å². The first kappa shape index (κ1) is 17.0. The standard InChI is InChI=1S/C20H20ClNO4/c21-16-9-13(10-18-19(16)25-8-7-24-18)5-6-22-20(23)15-11-14-3-1-2-4-17(14)26-12-15/h1-4,9-10,15H,5-8,11-12H2,(H,22,23). The molecular weight excluding hydrogens is 354 g/mol.